The number of benzene rings is 2. The van der Waals surface area contributed by atoms with Crippen molar-refractivity contribution in [2.24, 2.45) is 0 Å². The third kappa shape index (κ3) is 4.45. The molecule has 0 saturated heterocycles. The molecule has 1 N–H and O–H groups in total. The van der Waals surface area contributed by atoms with Crippen LogP contribution in [0.5, 0.6) is 0 Å². The molecule has 1 fully saturated rings. The molecule has 1 amide bonds. The number of nitrogens with one attached hydrogen (secondary N) is 1. The predicted octanol–water partition coefficient (Wildman–Crippen LogP) is 4.80. The van der Waals surface area contributed by atoms with E-state index in [4.69, 9.17) is 21.0 Å². The average molecular weight is 466 g/mol. The highest BCUT2D eigenvalue weighted by atomic mass is 35.5. The molecule has 0 bridgehead atoms. The van der Waals surface area contributed by atoms with Crippen LogP contribution >= 0.6 is 23.4 Å². The summed E-state index contributed by atoms with van der Waals surface area (Å²) in [5.41, 5.74) is 1.13. The molecule has 162 valence electrons. The summed E-state index contributed by atoms with van der Waals surface area (Å²) in [6, 6.07) is 18.4. The fraction of sp³-hybridized carbons (Fsp3) is 0.208. The topological polar surface area (TPSA) is 77.1 Å². The first-order valence-corrected chi connectivity index (χ1v) is 11.6. The van der Waals surface area contributed by atoms with Gasteiger partial charge in [-0.2, -0.15) is 0 Å². The van der Waals surface area contributed by atoms with Gasteiger partial charge in [0.1, 0.15) is 11.0 Å². The highest BCUT2D eigenvalue weighted by Gasteiger charge is 2.30. The fourth-order valence-corrected chi connectivity index (χ4v) is 4.74. The van der Waals surface area contributed by atoms with Crippen LogP contribution < -0.4 is 10.9 Å². The summed E-state index contributed by atoms with van der Waals surface area (Å²) in [5.74, 6) is 0.538. The molecule has 1 atom stereocenters. The minimum absolute atomic E-state index is 0.0892. The van der Waals surface area contributed by atoms with Gasteiger partial charge in [0, 0.05) is 11.1 Å². The van der Waals surface area contributed by atoms with Gasteiger partial charge in [0.2, 0.25) is 5.91 Å². The number of hydrogen-bond donors (Lipinski definition) is 1. The summed E-state index contributed by atoms with van der Waals surface area (Å²) in [4.78, 5) is 31.3. The summed E-state index contributed by atoms with van der Waals surface area (Å²) >= 11 is 7.42. The maximum atomic E-state index is 13.4. The Morgan fingerprint density at radius 1 is 1.19 bits per heavy atom. The van der Waals surface area contributed by atoms with E-state index in [1.165, 1.54) is 11.8 Å². The van der Waals surface area contributed by atoms with Gasteiger partial charge in [0.05, 0.1) is 23.7 Å². The molecule has 1 aliphatic rings. The number of thioether (sulfide) groups is 1. The van der Waals surface area contributed by atoms with E-state index < -0.39 is 5.25 Å². The third-order valence-electron chi connectivity index (χ3n) is 5.26. The van der Waals surface area contributed by atoms with Crippen LogP contribution in [0.25, 0.3) is 10.9 Å². The van der Waals surface area contributed by atoms with Crippen molar-refractivity contribution in [3.8, 4) is 0 Å². The summed E-state index contributed by atoms with van der Waals surface area (Å²) in [6.45, 7) is 0.214. The van der Waals surface area contributed by atoms with Crippen molar-refractivity contribution in [2.45, 2.75) is 35.8 Å². The Hall–Kier alpha value is -3.03. The molecule has 2 aromatic carbocycles. The van der Waals surface area contributed by atoms with Crippen molar-refractivity contribution in [2.75, 3.05) is 0 Å². The molecule has 0 aliphatic heterocycles. The number of furan rings is 1. The number of fused-ring (bicyclic) bond motifs is 1. The number of nitrogens with zero attached hydrogens (tertiary/aromatic N) is 2. The largest absolute Gasteiger partial charge is 0.467 e. The quantitative estimate of drug-likeness (QED) is 0.313. The van der Waals surface area contributed by atoms with Crippen LogP contribution in [0.2, 0.25) is 5.02 Å². The summed E-state index contributed by atoms with van der Waals surface area (Å²) in [7, 11) is 0. The Balaban J connectivity index is 1.61. The van der Waals surface area contributed by atoms with Crippen molar-refractivity contribution in [1.29, 1.82) is 0 Å². The van der Waals surface area contributed by atoms with Crippen LogP contribution in [0.4, 0.5) is 0 Å². The van der Waals surface area contributed by atoms with Crippen molar-refractivity contribution in [1.82, 2.24) is 14.9 Å². The standard InChI is InChI=1S/C24H20ClN3O3S/c25-16-8-11-19-20(13-16)27-24(28(23(19)30)14-18-7-4-12-31-18)32-21(15-5-2-1-3-6-15)22(29)26-17-9-10-17/h1-8,11-13,17,21H,9-10,14H2,(H,26,29)/t21-/m0/s1. The highest BCUT2D eigenvalue weighted by Crippen LogP contribution is 2.36. The van der Waals surface area contributed by atoms with Crippen molar-refractivity contribution >= 4 is 40.2 Å². The smallest absolute Gasteiger partial charge is 0.262 e. The minimum atomic E-state index is -0.553. The lowest BCUT2D eigenvalue weighted by Gasteiger charge is -2.19. The maximum absolute atomic E-state index is 13.4. The van der Waals surface area contributed by atoms with E-state index in [-0.39, 0.29) is 24.1 Å². The van der Waals surface area contributed by atoms with Gasteiger partial charge < -0.3 is 9.73 Å². The van der Waals surface area contributed by atoms with Crippen LogP contribution in [-0.4, -0.2) is 21.5 Å². The number of aromatic nitrogens is 2. The molecule has 1 saturated carbocycles. The first-order chi connectivity index (χ1) is 15.6. The molecule has 0 unspecified atom stereocenters. The Morgan fingerprint density at radius 2 is 2.00 bits per heavy atom. The van der Waals surface area contributed by atoms with Gasteiger partial charge in [0.15, 0.2) is 5.16 Å². The lowest BCUT2D eigenvalue weighted by molar-refractivity contribution is -0.120. The number of halogens is 1. The molecule has 6 nitrogen and oxygen atoms in total. The SMILES string of the molecule is O=C(NC1CC1)[C@@H](Sc1nc2cc(Cl)ccc2c(=O)n1Cc1ccco1)c1ccccc1. The summed E-state index contributed by atoms with van der Waals surface area (Å²) in [6.07, 6.45) is 3.55. The average Bonchev–Trinajstić information content (AvgIpc) is 3.45. The highest BCUT2D eigenvalue weighted by molar-refractivity contribution is 8.00. The molecule has 32 heavy (non-hydrogen) atoms. The molecule has 8 heteroatoms. The van der Waals surface area contributed by atoms with E-state index in [0.29, 0.717) is 26.8 Å². The van der Waals surface area contributed by atoms with E-state index in [1.54, 1.807) is 41.2 Å². The molecule has 0 radical (unpaired) electrons. The lowest BCUT2D eigenvalue weighted by Crippen LogP contribution is -2.31. The number of carbonyl (C=O) groups excluding carboxylic acids is 1. The molecular formula is C24H20ClN3O3S. The molecule has 2 heterocycles. The Labute approximate surface area is 193 Å². The lowest BCUT2D eigenvalue weighted by atomic mass is 10.1. The maximum Gasteiger partial charge on any atom is 0.262 e. The van der Waals surface area contributed by atoms with Gasteiger partial charge in [-0.15, -0.1) is 0 Å². The summed E-state index contributed by atoms with van der Waals surface area (Å²) < 4.78 is 7.04. The normalized spacial score (nSPS) is 14.4. The molecule has 5 rings (SSSR count). The van der Waals surface area contributed by atoms with Gasteiger partial charge >= 0.3 is 0 Å². The fourth-order valence-electron chi connectivity index (χ4n) is 3.47. The zero-order valence-electron chi connectivity index (χ0n) is 17.0. The molecular weight excluding hydrogens is 446 g/mol. The second-order valence-corrected chi connectivity index (χ2v) is 9.23. The number of rotatable bonds is 7. The van der Waals surface area contributed by atoms with E-state index in [2.05, 4.69) is 5.32 Å². The van der Waals surface area contributed by atoms with Crippen LogP contribution in [-0.2, 0) is 11.3 Å². The Morgan fingerprint density at radius 3 is 2.72 bits per heavy atom. The Bertz CT molecular complexity index is 1320. The molecule has 0 spiro atoms. The van der Waals surface area contributed by atoms with Crippen LogP contribution in [0.15, 0.2) is 81.3 Å². The second-order valence-electron chi connectivity index (χ2n) is 7.72. The second kappa shape index (κ2) is 8.84. The Kier molecular flexibility index (Phi) is 5.76. The number of hydrogen-bond acceptors (Lipinski definition) is 5. The van der Waals surface area contributed by atoms with Gasteiger partial charge in [-0.05, 0) is 48.7 Å². The van der Waals surface area contributed by atoms with Gasteiger partial charge in [-0.3, -0.25) is 14.2 Å². The zero-order chi connectivity index (χ0) is 22.1. The monoisotopic (exact) mass is 465 g/mol. The van der Waals surface area contributed by atoms with E-state index in [9.17, 15) is 9.59 Å². The van der Waals surface area contributed by atoms with E-state index in [0.717, 1.165) is 18.4 Å². The molecule has 2 aromatic heterocycles. The molecule has 1 aliphatic carbocycles. The van der Waals surface area contributed by atoms with Crippen LogP contribution in [0.3, 0.4) is 0 Å². The third-order valence-corrected chi connectivity index (χ3v) is 6.74. The van der Waals surface area contributed by atoms with Crippen LogP contribution in [0.1, 0.15) is 29.4 Å². The minimum Gasteiger partial charge on any atom is -0.467 e. The van der Waals surface area contributed by atoms with Gasteiger partial charge in [-0.1, -0.05) is 53.7 Å². The van der Waals surface area contributed by atoms with E-state index >= 15 is 0 Å². The van der Waals surface area contributed by atoms with E-state index in [1.807, 2.05) is 30.3 Å². The first kappa shape index (κ1) is 20.8. The van der Waals surface area contributed by atoms with Crippen molar-refractivity contribution in [3.63, 3.8) is 0 Å². The first-order valence-electron chi connectivity index (χ1n) is 10.3. The number of carbonyl (C=O) groups is 1. The van der Waals surface area contributed by atoms with Gasteiger partial charge in [0.25, 0.3) is 5.56 Å². The van der Waals surface area contributed by atoms with Gasteiger partial charge in [-0.25, -0.2) is 4.98 Å². The van der Waals surface area contributed by atoms with Crippen molar-refractivity contribution < 1.29 is 9.21 Å². The predicted molar refractivity (Wildman–Crippen MR) is 125 cm³/mol. The molecule has 4 aromatic rings. The van der Waals surface area contributed by atoms with Crippen LogP contribution in [0, 0.1) is 0 Å². The zero-order valence-corrected chi connectivity index (χ0v) is 18.6. The van der Waals surface area contributed by atoms with Crippen molar-refractivity contribution in [3.05, 3.63) is 93.6 Å². The summed E-state index contributed by atoms with van der Waals surface area (Å²) in [5, 5.41) is 3.92. The number of amides is 1.